The van der Waals surface area contributed by atoms with Gasteiger partial charge in [-0.15, -0.1) is 0 Å². The lowest BCUT2D eigenvalue weighted by Crippen LogP contribution is -2.06. The smallest absolute Gasteiger partial charge is 0.330 e. The van der Waals surface area contributed by atoms with E-state index in [1.165, 1.54) is 6.92 Å². The molecule has 4 heteroatoms. The average molecular weight is 188 g/mol. The van der Waals surface area contributed by atoms with Gasteiger partial charge in [0.2, 0.25) is 0 Å². The standard InChI is InChI=1S/C5H10O2.C4H6O2/c1-3-4(2)5(6)7;1-3(2)4(5)6/h4H,3H2,1-2H3,(H,6,7);1H2,2H3,(H,5,6). The summed E-state index contributed by atoms with van der Waals surface area (Å²) in [5.41, 5.74) is 0.176. The molecule has 0 heterocycles. The molecule has 0 aliphatic rings. The third-order valence-corrected chi connectivity index (χ3v) is 1.40. The van der Waals surface area contributed by atoms with E-state index in [1.807, 2.05) is 6.92 Å². The minimum Gasteiger partial charge on any atom is -0.481 e. The van der Waals surface area contributed by atoms with Gasteiger partial charge in [0.05, 0.1) is 5.92 Å². The number of hydrogen-bond donors (Lipinski definition) is 2. The Bertz CT molecular complexity index is 184. The molecule has 0 aromatic heterocycles. The van der Waals surface area contributed by atoms with Gasteiger partial charge in [0, 0.05) is 5.57 Å². The molecule has 0 amide bonds. The third-order valence-electron chi connectivity index (χ3n) is 1.40. The molecule has 0 saturated heterocycles. The summed E-state index contributed by atoms with van der Waals surface area (Å²) in [6, 6.07) is 0. The van der Waals surface area contributed by atoms with E-state index in [4.69, 9.17) is 10.2 Å². The first-order valence-electron chi connectivity index (χ1n) is 3.94. The molecule has 0 spiro atoms. The van der Waals surface area contributed by atoms with Gasteiger partial charge < -0.3 is 10.2 Å². The highest BCUT2D eigenvalue weighted by molar-refractivity contribution is 5.84. The number of aliphatic carboxylic acids is 2. The molecule has 0 aliphatic carbocycles. The van der Waals surface area contributed by atoms with Crippen LogP contribution < -0.4 is 0 Å². The van der Waals surface area contributed by atoms with Gasteiger partial charge in [-0.2, -0.15) is 0 Å². The molecule has 0 fully saturated rings. The molecule has 0 bridgehead atoms. The number of carboxylic acids is 2. The first-order valence-corrected chi connectivity index (χ1v) is 3.94. The van der Waals surface area contributed by atoms with Gasteiger partial charge in [-0.05, 0) is 13.3 Å². The number of hydrogen-bond acceptors (Lipinski definition) is 2. The van der Waals surface area contributed by atoms with Crippen molar-refractivity contribution in [3.8, 4) is 0 Å². The van der Waals surface area contributed by atoms with E-state index in [0.29, 0.717) is 0 Å². The van der Waals surface area contributed by atoms with Crippen LogP contribution in [-0.4, -0.2) is 22.2 Å². The lowest BCUT2D eigenvalue weighted by molar-refractivity contribution is -0.141. The summed E-state index contributed by atoms with van der Waals surface area (Å²) in [6.45, 7) is 8.16. The van der Waals surface area contributed by atoms with Crippen molar-refractivity contribution in [2.24, 2.45) is 5.92 Å². The molecule has 4 nitrogen and oxygen atoms in total. The van der Waals surface area contributed by atoms with Crippen LogP contribution in [0.4, 0.5) is 0 Å². The fourth-order valence-electron chi connectivity index (χ4n) is 0.175. The van der Waals surface area contributed by atoms with Gasteiger partial charge >= 0.3 is 11.9 Å². The van der Waals surface area contributed by atoms with E-state index in [9.17, 15) is 9.59 Å². The van der Waals surface area contributed by atoms with E-state index in [1.54, 1.807) is 6.92 Å². The Kier molecular flexibility index (Phi) is 8.02. The summed E-state index contributed by atoms with van der Waals surface area (Å²) in [6.07, 6.45) is 0.718. The summed E-state index contributed by atoms with van der Waals surface area (Å²) in [4.78, 5) is 19.5. The number of carboxylic acid groups (broad SMARTS) is 2. The van der Waals surface area contributed by atoms with Crippen molar-refractivity contribution < 1.29 is 19.8 Å². The Morgan fingerprint density at radius 1 is 1.38 bits per heavy atom. The summed E-state index contributed by atoms with van der Waals surface area (Å²) in [5, 5.41) is 16.1. The summed E-state index contributed by atoms with van der Waals surface area (Å²) in [5.74, 6) is -1.82. The van der Waals surface area contributed by atoms with Crippen molar-refractivity contribution in [1.82, 2.24) is 0 Å². The summed E-state index contributed by atoms with van der Waals surface area (Å²) < 4.78 is 0. The summed E-state index contributed by atoms with van der Waals surface area (Å²) >= 11 is 0. The van der Waals surface area contributed by atoms with Crippen LogP contribution >= 0.6 is 0 Å². The quantitative estimate of drug-likeness (QED) is 0.662. The lowest BCUT2D eigenvalue weighted by Gasteiger charge is -1.96. The van der Waals surface area contributed by atoms with Crippen LogP contribution in [0.2, 0.25) is 0 Å². The Balaban J connectivity index is 0. The van der Waals surface area contributed by atoms with Crippen LogP contribution in [0, 0.1) is 5.92 Å². The molecule has 0 aliphatic heterocycles. The van der Waals surface area contributed by atoms with Gasteiger partial charge in [-0.25, -0.2) is 4.79 Å². The maximum Gasteiger partial charge on any atom is 0.330 e. The molecule has 0 aromatic carbocycles. The van der Waals surface area contributed by atoms with Gasteiger partial charge in [0.1, 0.15) is 0 Å². The molecule has 0 aromatic rings. The molecule has 13 heavy (non-hydrogen) atoms. The highest BCUT2D eigenvalue weighted by Crippen LogP contribution is 1.97. The van der Waals surface area contributed by atoms with Crippen molar-refractivity contribution in [2.75, 3.05) is 0 Å². The molecule has 76 valence electrons. The molecule has 1 atom stereocenters. The predicted octanol–water partition coefficient (Wildman–Crippen LogP) is 1.76. The zero-order valence-corrected chi connectivity index (χ0v) is 8.20. The zero-order chi connectivity index (χ0) is 11.0. The first-order chi connectivity index (χ1) is 5.82. The van der Waals surface area contributed by atoms with Crippen molar-refractivity contribution >= 4 is 11.9 Å². The fraction of sp³-hybridized carbons (Fsp3) is 0.556. The van der Waals surface area contributed by atoms with Gasteiger partial charge in [-0.3, -0.25) is 4.79 Å². The largest absolute Gasteiger partial charge is 0.481 e. The molecule has 0 saturated carbocycles. The molecular formula is C9H16O4. The van der Waals surface area contributed by atoms with Gasteiger partial charge in [0.15, 0.2) is 0 Å². The topological polar surface area (TPSA) is 74.6 Å². The van der Waals surface area contributed by atoms with Crippen molar-refractivity contribution in [2.45, 2.75) is 27.2 Å². The van der Waals surface area contributed by atoms with Crippen LogP contribution in [0.5, 0.6) is 0 Å². The van der Waals surface area contributed by atoms with E-state index in [2.05, 4.69) is 6.58 Å². The highest BCUT2D eigenvalue weighted by atomic mass is 16.4. The Labute approximate surface area is 77.9 Å². The first kappa shape index (κ1) is 14.2. The molecule has 0 rings (SSSR count). The van der Waals surface area contributed by atoms with Crippen molar-refractivity contribution in [1.29, 1.82) is 0 Å². The lowest BCUT2D eigenvalue weighted by atomic mass is 10.1. The van der Waals surface area contributed by atoms with E-state index >= 15 is 0 Å². The van der Waals surface area contributed by atoms with Crippen LogP contribution in [0.1, 0.15) is 27.2 Å². The Morgan fingerprint density at radius 3 is 1.69 bits per heavy atom. The van der Waals surface area contributed by atoms with Crippen molar-refractivity contribution in [3.05, 3.63) is 12.2 Å². The maximum atomic E-state index is 9.93. The van der Waals surface area contributed by atoms with E-state index in [0.717, 1.165) is 6.42 Å². The predicted molar refractivity (Wildman–Crippen MR) is 49.5 cm³/mol. The van der Waals surface area contributed by atoms with Gasteiger partial charge in [0.25, 0.3) is 0 Å². The van der Waals surface area contributed by atoms with E-state index in [-0.39, 0.29) is 11.5 Å². The second kappa shape index (κ2) is 7.34. The highest BCUT2D eigenvalue weighted by Gasteiger charge is 2.05. The average Bonchev–Trinajstić information content (AvgIpc) is 2.03. The van der Waals surface area contributed by atoms with Crippen LogP contribution in [0.3, 0.4) is 0 Å². The monoisotopic (exact) mass is 188 g/mol. The molecule has 0 radical (unpaired) electrons. The van der Waals surface area contributed by atoms with Crippen LogP contribution in [-0.2, 0) is 9.59 Å². The summed E-state index contributed by atoms with van der Waals surface area (Å²) in [7, 11) is 0. The molecule has 2 N–H and O–H groups in total. The normalized spacial score (nSPS) is 10.7. The third kappa shape index (κ3) is 10.7. The van der Waals surface area contributed by atoms with Gasteiger partial charge in [-0.1, -0.05) is 20.4 Å². The minimum atomic E-state index is -0.935. The molecule has 1 unspecified atom stereocenters. The maximum absolute atomic E-state index is 9.93. The zero-order valence-electron chi connectivity index (χ0n) is 8.20. The van der Waals surface area contributed by atoms with Crippen molar-refractivity contribution in [3.63, 3.8) is 0 Å². The van der Waals surface area contributed by atoms with Crippen LogP contribution in [0.15, 0.2) is 12.2 Å². The molecular weight excluding hydrogens is 172 g/mol. The fourth-order valence-corrected chi connectivity index (χ4v) is 0.175. The van der Waals surface area contributed by atoms with Crippen LogP contribution in [0.25, 0.3) is 0 Å². The second-order valence-electron chi connectivity index (χ2n) is 2.73. The number of carbonyl (C=O) groups is 2. The Morgan fingerprint density at radius 2 is 1.69 bits per heavy atom. The second-order valence-corrected chi connectivity index (χ2v) is 2.73. The number of rotatable bonds is 3. The minimum absolute atomic E-state index is 0.176. The Hall–Kier alpha value is -1.32. The van der Waals surface area contributed by atoms with E-state index < -0.39 is 11.9 Å². The SMILES string of the molecule is C=C(C)C(=O)O.CCC(C)C(=O)O.